The van der Waals surface area contributed by atoms with Crippen molar-refractivity contribution in [2.24, 2.45) is 7.05 Å². The Balaban J connectivity index is 1.51. The molecule has 0 aliphatic carbocycles. The van der Waals surface area contributed by atoms with E-state index in [1.165, 1.54) is 10.7 Å². The van der Waals surface area contributed by atoms with Crippen LogP contribution in [0.3, 0.4) is 0 Å². The van der Waals surface area contributed by atoms with Crippen LogP contribution < -0.4 is 15.2 Å². The molecular weight excluding hydrogens is 459 g/mol. The first-order chi connectivity index (χ1) is 13.0. The van der Waals surface area contributed by atoms with Gasteiger partial charge in [-0.25, -0.2) is 4.68 Å². The summed E-state index contributed by atoms with van der Waals surface area (Å²) in [5.41, 5.74) is 2.44. The highest BCUT2D eigenvalue weighted by Crippen LogP contribution is 2.36. The molecule has 1 N–H and O–H groups in total. The van der Waals surface area contributed by atoms with Crippen LogP contribution in [0.2, 0.25) is 0 Å². The number of ether oxygens (including phenoxy) is 1. The first-order valence-electron chi connectivity index (χ1n) is 8.36. The Hall–Kier alpha value is -2.46. The highest BCUT2D eigenvalue weighted by atomic mass is 127. The van der Waals surface area contributed by atoms with Crippen molar-refractivity contribution in [2.75, 3.05) is 4.90 Å². The zero-order valence-corrected chi connectivity index (χ0v) is 16.7. The lowest BCUT2D eigenvalue weighted by atomic mass is 10.1. The molecular formula is C19H17IN4O3. The molecule has 2 aromatic heterocycles. The Labute approximate surface area is 169 Å². The Morgan fingerprint density at radius 3 is 2.85 bits per heavy atom. The van der Waals surface area contributed by atoms with Gasteiger partial charge in [-0.1, -0.05) is 6.07 Å². The Morgan fingerprint density at radius 2 is 2.11 bits per heavy atom. The van der Waals surface area contributed by atoms with Crippen molar-refractivity contribution in [3.8, 4) is 5.75 Å². The van der Waals surface area contributed by atoms with Gasteiger partial charge in [-0.05, 0) is 58.5 Å². The van der Waals surface area contributed by atoms with Gasteiger partial charge in [-0.15, -0.1) is 0 Å². The average molecular weight is 476 g/mol. The molecule has 0 spiro atoms. The zero-order valence-electron chi connectivity index (χ0n) is 14.5. The molecule has 7 nitrogen and oxygen atoms in total. The minimum Gasteiger partial charge on any atom is -0.487 e. The zero-order chi connectivity index (χ0) is 19.0. The maximum absolute atomic E-state index is 11.5. The molecule has 138 valence electrons. The van der Waals surface area contributed by atoms with E-state index in [4.69, 9.17) is 4.74 Å². The van der Waals surface area contributed by atoms with E-state index in [-0.39, 0.29) is 5.56 Å². The summed E-state index contributed by atoms with van der Waals surface area (Å²) in [5.74, 6) is 1.27. The monoisotopic (exact) mass is 476 g/mol. The fourth-order valence-corrected chi connectivity index (χ4v) is 3.32. The fraction of sp³-hybridized carbons (Fsp3) is 0.211. The van der Waals surface area contributed by atoms with Crippen molar-refractivity contribution in [3.63, 3.8) is 0 Å². The van der Waals surface area contributed by atoms with Gasteiger partial charge in [-0.3, -0.25) is 9.78 Å². The van der Waals surface area contributed by atoms with Gasteiger partial charge in [0.2, 0.25) is 0 Å². The van der Waals surface area contributed by atoms with Gasteiger partial charge >= 0.3 is 0 Å². The average Bonchev–Trinajstić information content (AvgIpc) is 3.00. The van der Waals surface area contributed by atoms with Crippen LogP contribution in [0.15, 0.2) is 53.5 Å². The molecule has 0 bridgehead atoms. The standard InChI is InChI=1S/C19H17IN4O3/c1-23-18(25)7-6-17(22-23)24-10-12-8-15(4-5-16(12)19(24)26)27-11-14-3-2-13(20)9-21-14/h2-9,19,26H,10-11H2,1H3. The van der Waals surface area contributed by atoms with Crippen LogP contribution in [0.1, 0.15) is 23.0 Å². The number of pyridine rings is 1. The minimum absolute atomic E-state index is 0.190. The van der Waals surface area contributed by atoms with Crippen molar-refractivity contribution in [2.45, 2.75) is 19.4 Å². The highest BCUT2D eigenvalue weighted by molar-refractivity contribution is 14.1. The predicted molar refractivity (Wildman–Crippen MR) is 108 cm³/mol. The van der Waals surface area contributed by atoms with Crippen LogP contribution in [-0.2, 0) is 20.2 Å². The maximum atomic E-state index is 11.5. The first-order valence-corrected chi connectivity index (χ1v) is 9.44. The normalized spacial score (nSPS) is 15.7. The van der Waals surface area contributed by atoms with Crippen molar-refractivity contribution in [1.29, 1.82) is 0 Å². The molecule has 0 amide bonds. The topological polar surface area (TPSA) is 80.5 Å². The number of aryl methyl sites for hydroxylation is 1. The molecule has 8 heteroatoms. The number of hydrogen-bond acceptors (Lipinski definition) is 6. The summed E-state index contributed by atoms with van der Waals surface area (Å²) in [4.78, 5) is 17.6. The summed E-state index contributed by atoms with van der Waals surface area (Å²) in [5, 5.41) is 14.9. The van der Waals surface area contributed by atoms with E-state index in [0.717, 1.165) is 26.1 Å². The van der Waals surface area contributed by atoms with E-state index >= 15 is 0 Å². The summed E-state index contributed by atoms with van der Waals surface area (Å²) in [6, 6.07) is 12.6. The van der Waals surface area contributed by atoms with E-state index in [0.29, 0.717) is 19.0 Å². The van der Waals surface area contributed by atoms with Gasteiger partial charge in [0.25, 0.3) is 5.56 Å². The fourth-order valence-electron chi connectivity index (χ4n) is 3.00. The molecule has 0 saturated carbocycles. The first kappa shape index (κ1) is 17.9. The summed E-state index contributed by atoms with van der Waals surface area (Å²) in [6.45, 7) is 0.866. The van der Waals surface area contributed by atoms with E-state index < -0.39 is 6.23 Å². The van der Waals surface area contributed by atoms with Crippen molar-refractivity contribution >= 4 is 28.4 Å². The smallest absolute Gasteiger partial charge is 0.266 e. The maximum Gasteiger partial charge on any atom is 0.266 e. The number of halogens is 1. The summed E-state index contributed by atoms with van der Waals surface area (Å²) < 4.78 is 8.18. The lowest BCUT2D eigenvalue weighted by Crippen LogP contribution is -2.26. The minimum atomic E-state index is -0.808. The second-order valence-electron chi connectivity index (χ2n) is 6.27. The third-order valence-corrected chi connectivity index (χ3v) is 5.08. The SMILES string of the molecule is Cn1nc(N2Cc3cc(OCc4ccc(I)cn4)ccc3C2O)ccc1=O. The summed E-state index contributed by atoms with van der Waals surface area (Å²) >= 11 is 2.21. The molecule has 0 radical (unpaired) electrons. The largest absolute Gasteiger partial charge is 0.487 e. The molecule has 27 heavy (non-hydrogen) atoms. The summed E-state index contributed by atoms with van der Waals surface area (Å²) in [6.07, 6.45) is 0.994. The molecule has 1 unspecified atom stereocenters. The molecule has 3 heterocycles. The second-order valence-corrected chi connectivity index (χ2v) is 7.52. The number of benzene rings is 1. The van der Waals surface area contributed by atoms with Gasteiger partial charge < -0.3 is 14.7 Å². The van der Waals surface area contributed by atoms with Crippen LogP contribution in [0.5, 0.6) is 5.75 Å². The number of anilines is 1. The number of fused-ring (bicyclic) bond motifs is 1. The molecule has 0 fully saturated rings. The van der Waals surface area contributed by atoms with Crippen LogP contribution >= 0.6 is 22.6 Å². The third-order valence-electron chi connectivity index (χ3n) is 4.44. The number of aromatic nitrogens is 3. The number of aliphatic hydroxyl groups is 1. The number of aliphatic hydroxyl groups excluding tert-OH is 1. The van der Waals surface area contributed by atoms with Gasteiger partial charge in [0, 0.05) is 35.0 Å². The van der Waals surface area contributed by atoms with Crippen molar-refractivity contribution < 1.29 is 9.84 Å². The molecule has 1 aliphatic rings. The van der Waals surface area contributed by atoms with Crippen molar-refractivity contribution in [1.82, 2.24) is 14.8 Å². The van der Waals surface area contributed by atoms with E-state index in [2.05, 4.69) is 32.7 Å². The lowest BCUT2D eigenvalue weighted by Gasteiger charge is -2.21. The molecule has 1 aliphatic heterocycles. The van der Waals surface area contributed by atoms with Gasteiger partial charge in [0.15, 0.2) is 12.0 Å². The Kier molecular flexibility index (Phi) is 4.83. The van der Waals surface area contributed by atoms with E-state index in [1.54, 1.807) is 24.2 Å². The highest BCUT2D eigenvalue weighted by Gasteiger charge is 2.30. The number of hydrogen-bond donors (Lipinski definition) is 1. The number of rotatable bonds is 4. The van der Waals surface area contributed by atoms with Crippen LogP contribution in [-0.4, -0.2) is 19.9 Å². The van der Waals surface area contributed by atoms with Gasteiger partial charge in [0.05, 0.1) is 5.69 Å². The Bertz CT molecular complexity index is 1040. The van der Waals surface area contributed by atoms with E-state index in [1.807, 2.05) is 30.3 Å². The molecule has 4 rings (SSSR count). The Morgan fingerprint density at radius 1 is 1.26 bits per heavy atom. The number of nitrogens with zero attached hydrogens (tertiary/aromatic N) is 4. The second kappa shape index (κ2) is 7.28. The third kappa shape index (κ3) is 3.67. The van der Waals surface area contributed by atoms with Gasteiger partial charge in [0.1, 0.15) is 12.4 Å². The lowest BCUT2D eigenvalue weighted by molar-refractivity contribution is 0.180. The quantitative estimate of drug-likeness (QED) is 0.583. The van der Waals surface area contributed by atoms with Crippen LogP contribution in [0.4, 0.5) is 5.82 Å². The molecule has 0 saturated heterocycles. The summed E-state index contributed by atoms with van der Waals surface area (Å²) in [7, 11) is 1.59. The van der Waals surface area contributed by atoms with E-state index in [9.17, 15) is 9.90 Å². The molecule has 3 aromatic rings. The molecule has 1 atom stereocenters. The van der Waals surface area contributed by atoms with Crippen molar-refractivity contribution in [3.05, 3.63) is 79.4 Å². The van der Waals surface area contributed by atoms with Gasteiger partial charge in [-0.2, -0.15) is 5.10 Å². The predicted octanol–water partition coefficient (Wildman–Crippen LogP) is 2.37. The van der Waals surface area contributed by atoms with Crippen LogP contribution in [0, 0.1) is 3.57 Å². The molecule has 1 aromatic carbocycles. The van der Waals surface area contributed by atoms with Crippen LogP contribution in [0.25, 0.3) is 0 Å².